The third kappa shape index (κ3) is 3.60. The van der Waals surface area contributed by atoms with Crippen molar-refractivity contribution in [2.75, 3.05) is 0 Å². The minimum atomic E-state index is -4.71. The number of carbonyl (C=O) groups is 1. The lowest BCUT2D eigenvalue weighted by Crippen LogP contribution is -2.17. The molecule has 5 heteroatoms. The lowest BCUT2D eigenvalue weighted by atomic mass is 9.81. The number of aldehydes is 1. The molecule has 2 aromatic carbocycles. The van der Waals surface area contributed by atoms with E-state index in [2.05, 4.69) is 17.7 Å². The number of rotatable bonds is 3. The van der Waals surface area contributed by atoms with Gasteiger partial charge in [-0.2, -0.15) is 0 Å². The van der Waals surface area contributed by atoms with Gasteiger partial charge in [-0.1, -0.05) is 37.3 Å². The van der Waals surface area contributed by atoms with E-state index in [4.69, 9.17) is 0 Å². The van der Waals surface area contributed by atoms with Crippen LogP contribution in [0, 0.1) is 12.8 Å². The lowest BCUT2D eigenvalue weighted by molar-refractivity contribution is -0.274. The first kappa shape index (κ1) is 17.3. The van der Waals surface area contributed by atoms with Gasteiger partial charge in [0.15, 0.2) is 6.29 Å². The predicted molar refractivity (Wildman–Crippen MR) is 90.6 cm³/mol. The van der Waals surface area contributed by atoms with Crippen molar-refractivity contribution in [1.29, 1.82) is 0 Å². The van der Waals surface area contributed by atoms with E-state index >= 15 is 0 Å². The third-order valence-electron chi connectivity index (χ3n) is 4.36. The number of fused-ring (bicyclic) bond motifs is 1. The first-order chi connectivity index (χ1) is 11.8. The van der Waals surface area contributed by atoms with Crippen LogP contribution in [0.25, 0.3) is 17.2 Å². The Hall–Kier alpha value is -2.56. The van der Waals surface area contributed by atoms with Crippen molar-refractivity contribution in [3.63, 3.8) is 0 Å². The largest absolute Gasteiger partial charge is 0.573 e. The summed E-state index contributed by atoms with van der Waals surface area (Å²) in [6.45, 7) is 3.95. The van der Waals surface area contributed by atoms with Gasteiger partial charge < -0.3 is 4.74 Å². The highest BCUT2D eigenvalue weighted by atomic mass is 19.4. The highest BCUT2D eigenvalue weighted by Crippen LogP contribution is 2.36. The maximum atomic E-state index is 12.3. The number of allylic oxidation sites excluding steroid dienone is 1. The quantitative estimate of drug-likeness (QED) is 0.678. The van der Waals surface area contributed by atoms with Crippen LogP contribution in [0.1, 0.15) is 34.0 Å². The fourth-order valence-electron chi connectivity index (χ4n) is 3.21. The second-order valence-electron chi connectivity index (χ2n) is 6.28. The zero-order valence-corrected chi connectivity index (χ0v) is 13.9. The third-order valence-corrected chi connectivity index (χ3v) is 4.36. The van der Waals surface area contributed by atoms with Crippen molar-refractivity contribution < 1.29 is 22.7 Å². The molecule has 0 aromatic heterocycles. The molecule has 0 N–H and O–H groups in total. The van der Waals surface area contributed by atoms with Crippen molar-refractivity contribution >= 4 is 12.4 Å². The van der Waals surface area contributed by atoms with Crippen LogP contribution in [-0.4, -0.2) is 12.6 Å². The van der Waals surface area contributed by atoms with Crippen LogP contribution in [0.2, 0.25) is 0 Å². The Bertz CT molecular complexity index is 834. The van der Waals surface area contributed by atoms with Gasteiger partial charge in [0.2, 0.25) is 0 Å². The molecule has 1 aliphatic rings. The lowest BCUT2D eigenvalue weighted by Gasteiger charge is -2.23. The Balaban J connectivity index is 2.07. The minimum absolute atomic E-state index is 0.250. The average molecular weight is 346 g/mol. The summed E-state index contributed by atoms with van der Waals surface area (Å²) in [5.41, 5.74) is 5.20. The molecule has 0 spiro atoms. The molecule has 1 aliphatic carbocycles. The molecule has 2 aromatic rings. The van der Waals surface area contributed by atoms with Crippen LogP contribution in [0.4, 0.5) is 13.2 Å². The van der Waals surface area contributed by atoms with Gasteiger partial charge in [0.1, 0.15) is 5.75 Å². The van der Waals surface area contributed by atoms with Gasteiger partial charge in [-0.05, 0) is 59.2 Å². The Morgan fingerprint density at radius 1 is 1.20 bits per heavy atom. The number of carbonyl (C=O) groups excluding carboxylic acids is 1. The number of benzene rings is 2. The summed E-state index contributed by atoms with van der Waals surface area (Å²) in [6, 6.07) is 7.76. The molecular weight excluding hydrogens is 329 g/mol. The van der Waals surface area contributed by atoms with Crippen molar-refractivity contribution in [1.82, 2.24) is 0 Å². The molecule has 0 heterocycles. The Morgan fingerprint density at radius 2 is 1.88 bits per heavy atom. The highest BCUT2D eigenvalue weighted by Gasteiger charge is 2.31. The molecule has 1 unspecified atom stereocenters. The van der Waals surface area contributed by atoms with E-state index in [-0.39, 0.29) is 5.75 Å². The molecule has 2 nitrogen and oxygen atoms in total. The van der Waals surface area contributed by atoms with Gasteiger partial charge in [0.25, 0.3) is 0 Å². The number of aryl methyl sites for hydroxylation is 1. The summed E-state index contributed by atoms with van der Waals surface area (Å²) in [6.07, 6.45) is 0.967. The fraction of sp³-hybridized carbons (Fsp3) is 0.250. The summed E-state index contributed by atoms with van der Waals surface area (Å²) in [4.78, 5) is 11.4. The summed E-state index contributed by atoms with van der Waals surface area (Å²) >= 11 is 0. The van der Waals surface area contributed by atoms with Gasteiger partial charge in [-0.25, -0.2) is 0 Å². The average Bonchev–Trinajstić information content (AvgIpc) is 2.54. The van der Waals surface area contributed by atoms with Crippen LogP contribution in [0.5, 0.6) is 5.75 Å². The second kappa shape index (κ2) is 6.39. The maximum Gasteiger partial charge on any atom is 0.573 e. The predicted octanol–water partition coefficient (Wildman–Crippen LogP) is 5.58. The van der Waals surface area contributed by atoms with Gasteiger partial charge in [-0.3, -0.25) is 4.79 Å². The number of ether oxygens (including phenoxy) is 1. The molecule has 0 fully saturated rings. The van der Waals surface area contributed by atoms with Gasteiger partial charge in [-0.15, -0.1) is 13.2 Å². The normalized spacial score (nSPS) is 16.4. The summed E-state index contributed by atoms with van der Waals surface area (Å²) in [7, 11) is 0. The first-order valence-electron chi connectivity index (χ1n) is 7.94. The topological polar surface area (TPSA) is 26.3 Å². The summed E-state index contributed by atoms with van der Waals surface area (Å²) in [5.74, 6) is 0.0842. The van der Waals surface area contributed by atoms with E-state index in [9.17, 15) is 18.0 Å². The zero-order chi connectivity index (χ0) is 18.2. The molecule has 0 aliphatic heterocycles. The molecule has 0 amide bonds. The Labute approximate surface area is 143 Å². The molecule has 130 valence electrons. The molecule has 25 heavy (non-hydrogen) atoms. The SMILES string of the molecule is Cc1cc(-c2ccc(OC(F)(F)F)cc2)c2c(c1C=O)C=CC(C)C2. The van der Waals surface area contributed by atoms with Gasteiger partial charge >= 0.3 is 6.36 Å². The molecule has 3 rings (SSSR count). The molecule has 0 bridgehead atoms. The summed E-state index contributed by atoms with van der Waals surface area (Å²) in [5, 5.41) is 0. The number of hydrogen-bond donors (Lipinski definition) is 0. The van der Waals surface area contributed by atoms with E-state index in [1.54, 1.807) is 12.1 Å². The van der Waals surface area contributed by atoms with E-state index < -0.39 is 6.36 Å². The highest BCUT2D eigenvalue weighted by molar-refractivity contribution is 5.89. The van der Waals surface area contributed by atoms with Gasteiger partial charge in [0, 0.05) is 5.56 Å². The van der Waals surface area contributed by atoms with Crippen LogP contribution in [0.3, 0.4) is 0 Å². The molecule has 0 radical (unpaired) electrons. The van der Waals surface area contributed by atoms with Crippen LogP contribution < -0.4 is 4.74 Å². The van der Waals surface area contributed by atoms with E-state index in [0.29, 0.717) is 11.5 Å². The number of hydrogen-bond acceptors (Lipinski definition) is 2. The van der Waals surface area contributed by atoms with Crippen molar-refractivity contribution in [2.45, 2.75) is 26.6 Å². The van der Waals surface area contributed by atoms with Crippen molar-refractivity contribution in [2.24, 2.45) is 5.92 Å². The molecular formula is C20H17F3O2. The number of alkyl halides is 3. The van der Waals surface area contributed by atoms with Crippen LogP contribution >= 0.6 is 0 Å². The minimum Gasteiger partial charge on any atom is -0.406 e. The first-order valence-corrected chi connectivity index (χ1v) is 7.94. The van der Waals surface area contributed by atoms with Crippen LogP contribution in [0.15, 0.2) is 36.4 Å². The zero-order valence-electron chi connectivity index (χ0n) is 13.9. The molecule has 0 saturated carbocycles. The van der Waals surface area contributed by atoms with Crippen molar-refractivity contribution in [3.8, 4) is 16.9 Å². The molecule has 1 atom stereocenters. The second-order valence-corrected chi connectivity index (χ2v) is 6.28. The fourth-order valence-corrected chi connectivity index (χ4v) is 3.21. The monoisotopic (exact) mass is 346 g/mol. The summed E-state index contributed by atoms with van der Waals surface area (Å²) < 4.78 is 40.8. The Kier molecular flexibility index (Phi) is 4.41. The van der Waals surface area contributed by atoms with E-state index in [1.165, 1.54) is 12.1 Å². The standard InChI is InChI=1S/C20H17F3O2/c1-12-3-8-16-18(9-12)17(10-13(2)19(16)11-24)14-4-6-15(7-5-14)25-20(21,22)23/h3-8,10-12H,9H2,1-2H3. The smallest absolute Gasteiger partial charge is 0.406 e. The molecule has 0 saturated heterocycles. The Morgan fingerprint density at radius 3 is 2.48 bits per heavy atom. The maximum absolute atomic E-state index is 12.3. The van der Waals surface area contributed by atoms with Gasteiger partial charge in [0.05, 0.1) is 0 Å². The number of halogens is 3. The van der Waals surface area contributed by atoms with E-state index in [0.717, 1.165) is 40.5 Å². The van der Waals surface area contributed by atoms with Crippen molar-refractivity contribution in [3.05, 3.63) is 58.7 Å². The van der Waals surface area contributed by atoms with E-state index in [1.807, 2.05) is 19.1 Å². The van der Waals surface area contributed by atoms with Crippen LogP contribution in [-0.2, 0) is 6.42 Å².